The van der Waals surface area contributed by atoms with Gasteiger partial charge in [-0.3, -0.25) is 19.3 Å². The Morgan fingerprint density at radius 2 is 1.72 bits per heavy atom. The van der Waals surface area contributed by atoms with Gasteiger partial charge in [0, 0.05) is 5.54 Å². The van der Waals surface area contributed by atoms with E-state index in [1.165, 1.54) is 19.1 Å². The van der Waals surface area contributed by atoms with E-state index in [0.717, 1.165) is 11.5 Å². The Morgan fingerprint density at radius 3 is 2.28 bits per heavy atom. The van der Waals surface area contributed by atoms with Crippen LogP contribution in [-0.4, -0.2) is 48.5 Å². The maximum Gasteiger partial charge on any atom is 0.273 e. The minimum Gasteiger partial charge on any atom is -0.493 e. The largest absolute Gasteiger partial charge is 0.493 e. The molecule has 0 saturated carbocycles. The quantitative estimate of drug-likeness (QED) is 0.343. The number of amides is 3. The van der Waals surface area contributed by atoms with Gasteiger partial charge in [0.05, 0.1) is 32.2 Å². The normalized spacial score (nSPS) is 11.8. The molecule has 11 nitrogen and oxygen atoms in total. The van der Waals surface area contributed by atoms with Crippen molar-refractivity contribution in [2.45, 2.75) is 39.3 Å². The number of para-hydroxylation sites is 2. The number of aromatic nitrogens is 1. The zero-order valence-electron chi connectivity index (χ0n) is 22.7. The molecule has 0 radical (unpaired) electrons. The second kappa shape index (κ2) is 12.0. The molecule has 1 aromatic heterocycles. The first-order valence-electron chi connectivity index (χ1n) is 12.1. The van der Waals surface area contributed by atoms with Crippen molar-refractivity contribution in [1.29, 1.82) is 0 Å². The maximum absolute atomic E-state index is 14.3. The molecular weight excluding hydrogens is 522 g/mol. The lowest BCUT2D eigenvalue weighted by molar-refractivity contribution is -0.123. The van der Waals surface area contributed by atoms with Crippen LogP contribution in [0.15, 0.2) is 42.5 Å². The van der Waals surface area contributed by atoms with E-state index in [4.69, 9.17) is 25.7 Å². The summed E-state index contributed by atoms with van der Waals surface area (Å²) in [7, 11) is 2.97. The highest BCUT2D eigenvalue weighted by atomic mass is 32.1. The van der Waals surface area contributed by atoms with E-state index in [1.54, 1.807) is 49.4 Å². The van der Waals surface area contributed by atoms with Gasteiger partial charge in [0.1, 0.15) is 16.7 Å². The second-order valence-electron chi connectivity index (χ2n) is 9.47. The van der Waals surface area contributed by atoms with Crippen LogP contribution in [0.3, 0.4) is 0 Å². The predicted octanol–water partition coefficient (Wildman–Crippen LogP) is 3.54. The van der Waals surface area contributed by atoms with E-state index < -0.39 is 29.3 Å². The highest BCUT2D eigenvalue weighted by Crippen LogP contribution is 2.40. The number of nitrogens with zero attached hydrogens (tertiary/aromatic N) is 2. The lowest BCUT2D eigenvalue weighted by Gasteiger charge is -2.34. The van der Waals surface area contributed by atoms with Crippen molar-refractivity contribution in [2.75, 3.05) is 31.5 Å². The summed E-state index contributed by atoms with van der Waals surface area (Å²) in [5.41, 5.74) is 11.3. The van der Waals surface area contributed by atoms with Crippen LogP contribution < -0.4 is 35.9 Å². The molecule has 3 amide bonds. The Morgan fingerprint density at radius 1 is 1.05 bits per heavy atom. The highest BCUT2D eigenvalue weighted by molar-refractivity contribution is 7.09. The highest BCUT2D eigenvalue weighted by Gasteiger charge is 2.38. The summed E-state index contributed by atoms with van der Waals surface area (Å²) in [5, 5.41) is 2.97. The minimum atomic E-state index is -1.23. The first kappa shape index (κ1) is 29.2. The van der Waals surface area contributed by atoms with Gasteiger partial charge in [-0.2, -0.15) is 4.37 Å². The van der Waals surface area contributed by atoms with Crippen LogP contribution in [0.1, 0.15) is 59.5 Å². The average Bonchev–Trinajstić information content (AvgIpc) is 3.27. The summed E-state index contributed by atoms with van der Waals surface area (Å²) in [4.78, 5) is 41.4. The molecule has 1 atom stereocenters. The number of benzene rings is 2. The first-order chi connectivity index (χ1) is 18.4. The van der Waals surface area contributed by atoms with Crippen LogP contribution in [0, 0.1) is 0 Å². The number of anilines is 2. The molecule has 2 aromatic carbocycles. The Hall–Kier alpha value is -4.32. The van der Waals surface area contributed by atoms with Crippen LogP contribution in [0.25, 0.3) is 0 Å². The van der Waals surface area contributed by atoms with E-state index in [2.05, 4.69) is 9.69 Å². The molecule has 12 heteroatoms. The van der Waals surface area contributed by atoms with Gasteiger partial charge in [0.2, 0.25) is 5.91 Å². The van der Waals surface area contributed by atoms with Gasteiger partial charge in [0.15, 0.2) is 17.2 Å². The van der Waals surface area contributed by atoms with Crippen molar-refractivity contribution >= 4 is 40.6 Å². The molecular formula is C27H33N5O6S. The predicted molar refractivity (Wildman–Crippen MR) is 150 cm³/mol. The van der Waals surface area contributed by atoms with Gasteiger partial charge in [-0.1, -0.05) is 18.2 Å². The molecule has 0 bridgehead atoms. The molecule has 39 heavy (non-hydrogen) atoms. The zero-order chi connectivity index (χ0) is 28.9. The van der Waals surface area contributed by atoms with E-state index in [9.17, 15) is 14.4 Å². The third-order valence-electron chi connectivity index (χ3n) is 5.53. The third kappa shape index (κ3) is 6.40. The standard InChI is InChI=1S/C27H33N5O6S/c1-7-38-17-11-9-8-10-16(17)32(26(35)23-20(28)21(24(29)33)31-39-23)22(25(34)30-27(2,3)4)15-12-13-18(36-5)19(14-15)37-6/h8-14,22H,7,28H2,1-6H3,(H2,29,33)(H,30,34)/t22-/m1/s1. The fourth-order valence-corrected chi connectivity index (χ4v) is 4.66. The van der Waals surface area contributed by atoms with Gasteiger partial charge in [-0.25, -0.2) is 0 Å². The van der Waals surface area contributed by atoms with Crippen LogP contribution >= 0.6 is 11.5 Å². The molecule has 0 fully saturated rings. The van der Waals surface area contributed by atoms with Crippen LogP contribution in [0.4, 0.5) is 11.4 Å². The van der Waals surface area contributed by atoms with Gasteiger partial charge < -0.3 is 31.0 Å². The molecule has 1 heterocycles. The number of rotatable bonds is 10. The fourth-order valence-electron chi connectivity index (χ4n) is 3.92. The Labute approximate surface area is 231 Å². The number of ether oxygens (including phenoxy) is 3. The molecule has 208 valence electrons. The van der Waals surface area contributed by atoms with Gasteiger partial charge in [-0.05, 0) is 69.1 Å². The lowest BCUT2D eigenvalue weighted by Crippen LogP contribution is -2.49. The van der Waals surface area contributed by atoms with Crippen LogP contribution in [0.5, 0.6) is 17.2 Å². The summed E-state index contributed by atoms with van der Waals surface area (Å²) in [5.74, 6) is -0.850. The summed E-state index contributed by atoms with van der Waals surface area (Å²) >= 11 is 0.722. The fraction of sp³-hybridized carbons (Fsp3) is 0.333. The molecule has 3 rings (SSSR count). The van der Waals surface area contributed by atoms with Crippen LogP contribution in [0.2, 0.25) is 0 Å². The van der Waals surface area contributed by atoms with Crippen molar-refractivity contribution in [3.8, 4) is 17.2 Å². The monoisotopic (exact) mass is 555 g/mol. The number of nitrogens with two attached hydrogens (primary N) is 2. The van der Waals surface area contributed by atoms with Crippen molar-refractivity contribution in [3.05, 3.63) is 58.6 Å². The molecule has 0 aliphatic carbocycles. The van der Waals surface area contributed by atoms with Crippen molar-refractivity contribution in [2.24, 2.45) is 5.73 Å². The lowest BCUT2D eigenvalue weighted by atomic mass is 9.99. The molecule has 0 spiro atoms. The van der Waals surface area contributed by atoms with E-state index in [0.29, 0.717) is 35.1 Å². The topological polar surface area (TPSA) is 159 Å². The molecule has 3 aromatic rings. The Bertz CT molecular complexity index is 1370. The number of carbonyl (C=O) groups excluding carboxylic acids is 3. The summed E-state index contributed by atoms with van der Waals surface area (Å²) in [6.45, 7) is 7.61. The van der Waals surface area contributed by atoms with Crippen molar-refractivity contribution in [3.63, 3.8) is 0 Å². The second-order valence-corrected chi connectivity index (χ2v) is 10.2. The number of nitrogens with one attached hydrogen (secondary N) is 1. The van der Waals surface area contributed by atoms with Gasteiger partial charge in [0.25, 0.3) is 11.8 Å². The smallest absolute Gasteiger partial charge is 0.273 e. The Balaban J connectivity index is 2.34. The number of carbonyl (C=O) groups is 3. The number of nitrogen functional groups attached to an aromatic ring is 1. The number of hydrogen-bond acceptors (Lipinski definition) is 9. The van der Waals surface area contributed by atoms with E-state index >= 15 is 0 Å². The van der Waals surface area contributed by atoms with Crippen molar-refractivity contribution in [1.82, 2.24) is 9.69 Å². The summed E-state index contributed by atoms with van der Waals surface area (Å²) in [6.07, 6.45) is 0. The van der Waals surface area contributed by atoms with E-state index in [-0.39, 0.29) is 16.3 Å². The third-order valence-corrected chi connectivity index (χ3v) is 6.38. The summed E-state index contributed by atoms with van der Waals surface area (Å²) in [6, 6.07) is 10.5. The van der Waals surface area contributed by atoms with Crippen LogP contribution in [-0.2, 0) is 4.79 Å². The van der Waals surface area contributed by atoms with Gasteiger partial charge >= 0.3 is 0 Å². The molecule has 0 unspecified atom stereocenters. The Kier molecular flexibility index (Phi) is 9.02. The number of methoxy groups -OCH3 is 2. The SMILES string of the molecule is CCOc1ccccc1N(C(=O)c1snc(C(N)=O)c1N)[C@@H](C(=O)NC(C)(C)C)c1ccc(OC)c(OC)c1. The van der Waals surface area contributed by atoms with E-state index in [1.807, 2.05) is 20.8 Å². The first-order valence-corrected chi connectivity index (χ1v) is 12.8. The zero-order valence-corrected chi connectivity index (χ0v) is 23.5. The number of hydrogen-bond donors (Lipinski definition) is 3. The average molecular weight is 556 g/mol. The number of primary amides is 1. The van der Waals surface area contributed by atoms with Gasteiger partial charge in [-0.15, -0.1) is 0 Å². The van der Waals surface area contributed by atoms with Crippen molar-refractivity contribution < 1.29 is 28.6 Å². The molecule has 0 aliphatic heterocycles. The molecule has 0 aliphatic rings. The maximum atomic E-state index is 14.3. The molecule has 0 saturated heterocycles. The minimum absolute atomic E-state index is 0.0517. The summed E-state index contributed by atoms with van der Waals surface area (Å²) < 4.78 is 20.7. The molecule has 5 N–H and O–H groups in total.